The van der Waals surface area contributed by atoms with E-state index in [4.69, 9.17) is 4.74 Å². The molecule has 0 aliphatic carbocycles. The predicted octanol–water partition coefficient (Wildman–Crippen LogP) is 5.73. The first kappa shape index (κ1) is 24.4. The first-order valence-corrected chi connectivity index (χ1v) is 11.5. The van der Waals surface area contributed by atoms with Gasteiger partial charge in [-0.2, -0.15) is 13.2 Å². The molecule has 0 unspecified atom stereocenters. The van der Waals surface area contributed by atoms with Crippen LogP contribution in [0.15, 0.2) is 67.0 Å². The molecular formula is C27H25F3N2O3. The monoisotopic (exact) mass is 482 g/mol. The number of nitrogens with zero attached hydrogens (tertiary/aromatic N) is 2. The van der Waals surface area contributed by atoms with E-state index in [1.54, 1.807) is 30.5 Å². The van der Waals surface area contributed by atoms with Crippen molar-refractivity contribution in [1.29, 1.82) is 0 Å². The third-order valence-corrected chi connectivity index (χ3v) is 5.92. The average molecular weight is 483 g/mol. The minimum Gasteiger partial charge on any atom is -0.488 e. The van der Waals surface area contributed by atoms with E-state index < -0.39 is 29.0 Å². The van der Waals surface area contributed by atoms with Gasteiger partial charge in [0.15, 0.2) is 5.78 Å². The molecule has 1 aliphatic rings. The van der Waals surface area contributed by atoms with Crippen molar-refractivity contribution in [1.82, 2.24) is 9.88 Å². The number of benzene rings is 2. The highest BCUT2D eigenvalue weighted by Gasteiger charge is 2.38. The number of aromatic nitrogens is 1. The second-order valence-electron chi connectivity index (χ2n) is 8.48. The second-order valence-corrected chi connectivity index (χ2v) is 8.48. The number of piperidine rings is 1. The van der Waals surface area contributed by atoms with Crippen molar-refractivity contribution in [3.63, 3.8) is 0 Å². The van der Waals surface area contributed by atoms with E-state index in [-0.39, 0.29) is 24.3 Å². The highest BCUT2D eigenvalue weighted by molar-refractivity contribution is 6.03. The van der Waals surface area contributed by atoms with Gasteiger partial charge in [-0.05, 0) is 48.6 Å². The molecule has 3 aromatic rings. The van der Waals surface area contributed by atoms with Crippen LogP contribution in [0.4, 0.5) is 13.2 Å². The third-order valence-electron chi connectivity index (χ3n) is 5.92. The van der Waals surface area contributed by atoms with Crippen molar-refractivity contribution in [2.75, 3.05) is 13.1 Å². The number of Topliss-reactive ketones (excluding diaryl/α,β-unsaturated/α-hetero) is 1. The number of pyridine rings is 1. The van der Waals surface area contributed by atoms with Gasteiger partial charge < -0.3 is 9.64 Å². The van der Waals surface area contributed by atoms with E-state index in [0.29, 0.717) is 18.7 Å². The summed E-state index contributed by atoms with van der Waals surface area (Å²) in [5.74, 6) is -1.30. The number of likely N-dealkylation sites (tertiary alicyclic amines) is 1. The Bertz CT molecular complexity index is 1180. The average Bonchev–Trinajstić information content (AvgIpc) is 2.87. The molecule has 1 fully saturated rings. The zero-order valence-electron chi connectivity index (χ0n) is 19.1. The summed E-state index contributed by atoms with van der Waals surface area (Å²) < 4.78 is 48.1. The summed E-state index contributed by atoms with van der Waals surface area (Å²) in [4.78, 5) is 31.7. The molecule has 4 rings (SSSR count). The molecule has 0 bridgehead atoms. The smallest absolute Gasteiger partial charge is 0.417 e. The van der Waals surface area contributed by atoms with Crippen LogP contribution < -0.4 is 4.74 Å². The number of halogens is 3. The number of hydrogen-bond donors (Lipinski definition) is 0. The minimum atomic E-state index is -4.82. The van der Waals surface area contributed by atoms with Crippen molar-refractivity contribution in [2.24, 2.45) is 0 Å². The van der Waals surface area contributed by atoms with Crippen LogP contribution in [0.25, 0.3) is 0 Å². The molecule has 1 aromatic heterocycles. The van der Waals surface area contributed by atoms with Crippen LogP contribution in [0, 0.1) is 0 Å². The quantitative estimate of drug-likeness (QED) is 0.404. The number of carbonyl (C=O) groups is 2. The maximum atomic E-state index is 14.1. The summed E-state index contributed by atoms with van der Waals surface area (Å²) in [6, 6.07) is 14.2. The Labute approximate surface area is 201 Å². The second kappa shape index (κ2) is 10.7. The Morgan fingerprint density at radius 1 is 0.914 bits per heavy atom. The molecule has 5 nitrogen and oxygen atoms in total. The van der Waals surface area contributed by atoms with Crippen molar-refractivity contribution in [3.05, 3.63) is 94.8 Å². The largest absolute Gasteiger partial charge is 0.488 e. The van der Waals surface area contributed by atoms with Crippen molar-refractivity contribution >= 4 is 11.7 Å². The number of ketones is 1. The lowest BCUT2D eigenvalue weighted by molar-refractivity contribution is -0.138. The van der Waals surface area contributed by atoms with Gasteiger partial charge in [0, 0.05) is 31.9 Å². The maximum absolute atomic E-state index is 14.1. The molecule has 1 amide bonds. The number of amides is 1. The third kappa shape index (κ3) is 6.07. The van der Waals surface area contributed by atoms with Crippen LogP contribution in [0.2, 0.25) is 0 Å². The van der Waals surface area contributed by atoms with E-state index in [1.807, 2.05) is 18.2 Å². The van der Waals surface area contributed by atoms with E-state index in [2.05, 4.69) is 4.98 Å². The lowest BCUT2D eigenvalue weighted by Crippen LogP contribution is -2.36. The Balaban J connectivity index is 1.76. The fourth-order valence-corrected chi connectivity index (χ4v) is 4.11. The van der Waals surface area contributed by atoms with Crippen LogP contribution >= 0.6 is 0 Å². The van der Waals surface area contributed by atoms with Gasteiger partial charge >= 0.3 is 6.18 Å². The molecule has 0 spiro atoms. The number of ether oxygens (including phenoxy) is 1. The van der Waals surface area contributed by atoms with Crippen molar-refractivity contribution in [3.8, 4) is 5.75 Å². The van der Waals surface area contributed by atoms with Gasteiger partial charge in [0.1, 0.15) is 12.4 Å². The molecule has 2 aromatic carbocycles. The Morgan fingerprint density at radius 3 is 2.29 bits per heavy atom. The first-order valence-electron chi connectivity index (χ1n) is 11.5. The zero-order valence-corrected chi connectivity index (χ0v) is 19.1. The lowest BCUT2D eigenvalue weighted by Gasteiger charge is -2.28. The molecule has 35 heavy (non-hydrogen) atoms. The van der Waals surface area contributed by atoms with Gasteiger partial charge in [-0.3, -0.25) is 14.6 Å². The Hall–Kier alpha value is -3.68. The van der Waals surface area contributed by atoms with Gasteiger partial charge in [0.25, 0.3) is 5.91 Å². The van der Waals surface area contributed by atoms with Crippen molar-refractivity contribution < 1.29 is 27.5 Å². The normalized spacial score (nSPS) is 14.0. The minimum absolute atomic E-state index is 0.0384. The SMILES string of the molecule is O=C(Cc1cccnc1)c1cc(C(F)(F)F)c(C(=O)N2CCCCC2)cc1OCc1ccccc1. The van der Waals surface area contributed by atoms with E-state index in [1.165, 1.54) is 11.1 Å². The first-order chi connectivity index (χ1) is 16.8. The number of carbonyl (C=O) groups excluding carboxylic acids is 2. The lowest BCUT2D eigenvalue weighted by atomic mass is 9.96. The number of alkyl halides is 3. The zero-order chi connectivity index (χ0) is 24.8. The molecular weight excluding hydrogens is 457 g/mol. The molecule has 1 saturated heterocycles. The predicted molar refractivity (Wildman–Crippen MR) is 124 cm³/mol. The van der Waals surface area contributed by atoms with Crippen LogP contribution in [-0.4, -0.2) is 34.7 Å². The topological polar surface area (TPSA) is 59.5 Å². The van der Waals surface area contributed by atoms with Gasteiger partial charge in [-0.1, -0.05) is 36.4 Å². The summed E-state index contributed by atoms with van der Waals surface area (Å²) in [5, 5.41) is 0. The number of hydrogen-bond acceptors (Lipinski definition) is 4. The van der Waals surface area contributed by atoms with Gasteiger partial charge in [-0.25, -0.2) is 0 Å². The molecule has 182 valence electrons. The number of rotatable bonds is 7. The molecule has 0 radical (unpaired) electrons. The van der Waals surface area contributed by atoms with Crippen LogP contribution in [-0.2, 0) is 19.2 Å². The summed E-state index contributed by atoms with van der Waals surface area (Å²) in [7, 11) is 0. The standard InChI is InChI=1S/C27H25F3N2O3/c28-27(29,30)23-15-22(24(33)14-20-10-7-11-31-17-20)25(35-18-19-8-3-1-4-9-19)16-21(23)26(34)32-12-5-2-6-13-32/h1,3-4,7-11,15-17H,2,5-6,12-14,18H2. The fourth-order valence-electron chi connectivity index (χ4n) is 4.11. The summed E-state index contributed by atoms with van der Waals surface area (Å²) >= 11 is 0. The molecule has 0 atom stereocenters. The maximum Gasteiger partial charge on any atom is 0.417 e. The summed E-state index contributed by atoms with van der Waals surface area (Å²) in [6.45, 7) is 0.840. The Morgan fingerprint density at radius 2 is 1.63 bits per heavy atom. The van der Waals surface area contributed by atoms with E-state index in [9.17, 15) is 22.8 Å². The van der Waals surface area contributed by atoms with Gasteiger partial charge in [0.2, 0.25) is 0 Å². The summed E-state index contributed by atoms with van der Waals surface area (Å²) in [6.07, 6.45) is 0.488. The van der Waals surface area contributed by atoms with Crippen LogP contribution in [0.1, 0.15) is 56.7 Å². The van der Waals surface area contributed by atoms with Crippen molar-refractivity contribution in [2.45, 2.75) is 38.5 Å². The van der Waals surface area contributed by atoms with Crippen LogP contribution in [0.5, 0.6) is 5.75 Å². The molecule has 0 saturated carbocycles. The fraction of sp³-hybridized carbons (Fsp3) is 0.296. The highest BCUT2D eigenvalue weighted by atomic mass is 19.4. The van der Waals surface area contributed by atoms with Gasteiger partial charge in [-0.15, -0.1) is 0 Å². The van der Waals surface area contributed by atoms with Crippen LogP contribution in [0.3, 0.4) is 0 Å². The Kier molecular flexibility index (Phi) is 7.48. The van der Waals surface area contributed by atoms with Gasteiger partial charge in [0.05, 0.1) is 16.7 Å². The molecule has 2 heterocycles. The summed E-state index contributed by atoms with van der Waals surface area (Å²) in [5.41, 5.74) is -0.502. The highest BCUT2D eigenvalue weighted by Crippen LogP contribution is 2.37. The van der Waals surface area contributed by atoms with E-state index >= 15 is 0 Å². The molecule has 8 heteroatoms. The molecule has 1 aliphatic heterocycles. The molecule has 0 N–H and O–H groups in total. The van der Waals surface area contributed by atoms with E-state index in [0.717, 1.165) is 37.0 Å².